The van der Waals surface area contributed by atoms with Gasteiger partial charge in [0.05, 0.1) is 0 Å². The van der Waals surface area contributed by atoms with E-state index in [1.807, 2.05) is 0 Å². The minimum atomic E-state index is 0. The third kappa shape index (κ3) is 12.3. The molecule has 0 amide bonds. The second-order valence-electron chi connectivity index (χ2n) is 0.0589. The van der Waals surface area contributed by atoms with Crippen LogP contribution in [0.15, 0.2) is 0 Å². The van der Waals surface area contributed by atoms with Crippen molar-refractivity contribution in [2.75, 3.05) is 0 Å². The fourth-order valence-electron chi connectivity index (χ4n) is 0. The Hall–Kier alpha value is 0.959. The van der Waals surface area contributed by atoms with Crippen molar-refractivity contribution in [3.8, 4) is 0 Å². The number of rotatable bonds is 0. The molecule has 0 heterocycles. The Balaban J connectivity index is 0. The second-order valence-corrected chi connectivity index (χ2v) is 2.19. The zero-order valence-corrected chi connectivity index (χ0v) is 3.91. The molecular weight excluding hydrogens is 132 g/mol. The maximum atomic E-state index is 4.21. The molecule has 0 aliphatic heterocycles. The Kier molecular flexibility index (Phi) is 20.0. The molecular formula is CH4FeS2. The molecule has 0 aromatic heterocycles. The van der Waals surface area contributed by atoms with E-state index in [-0.39, 0.29) is 7.43 Å². The SMILES string of the molecule is C.[S]=[Fe]=[S]. The van der Waals surface area contributed by atoms with Gasteiger partial charge >= 0.3 is 32.8 Å². The van der Waals surface area contributed by atoms with E-state index >= 15 is 0 Å². The first-order valence-corrected chi connectivity index (χ1v) is 3.57. The second kappa shape index (κ2) is 9.03. The van der Waals surface area contributed by atoms with Crippen molar-refractivity contribution >= 4 is 21.1 Å². The van der Waals surface area contributed by atoms with Gasteiger partial charge in [-0.25, -0.2) is 0 Å². The molecule has 0 spiro atoms. The first-order chi connectivity index (χ1) is 1.41. The molecule has 0 fully saturated rings. The molecule has 28 valence electrons. The van der Waals surface area contributed by atoms with Crippen molar-refractivity contribution in [1.82, 2.24) is 0 Å². The van der Waals surface area contributed by atoms with Gasteiger partial charge in [0.15, 0.2) is 0 Å². The summed E-state index contributed by atoms with van der Waals surface area (Å²) < 4.78 is 0. The van der Waals surface area contributed by atoms with Gasteiger partial charge in [-0.05, 0) is 0 Å². The average molecular weight is 136 g/mol. The Morgan fingerprint density at radius 1 is 1.25 bits per heavy atom. The zero-order valence-electron chi connectivity index (χ0n) is 1.17. The van der Waals surface area contributed by atoms with Gasteiger partial charge in [0.25, 0.3) is 0 Å². The van der Waals surface area contributed by atoms with Gasteiger partial charge in [-0.15, -0.1) is 0 Å². The van der Waals surface area contributed by atoms with Crippen LogP contribution in [0.5, 0.6) is 0 Å². The Morgan fingerprint density at radius 3 is 1.25 bits per heavy atom. The van der Waals surface area contributed by atoms with Crippen molar-refractivity contribution < 1.29 is 11.7 Å². The molecule has 3 heteroatoms. The van der Waals surface area contributed by atoms with Crippen LogP contribution in [0.2, 0.25) is 0 Å². The van der Waals surface area contributed by atoms with Crippen molar-refractivity contribution in [3.05, 3.63) is 0 Å². The summed E-state index contributed by atoms with van der Waals surface area (Å²) in [4.78, 5) is 0. The van der Waals surface area contributed by atoms with Crippen molar-refractivity contribution in [1.29, 1.82) is 0 Å². The summed E-state index contributed by atoms with van der Waals surface area (Å²) >= 11 is 0.417. The molecule has 0 bridgehead atoms. The van der Waals surface area contributed by atoms with E-state index in [1.54, 1.807) is 0 Å². The maximum absolute atomic E-state index is 4.21. The predicted molar refractivity (Wildman–Crippen MR) is 21.9 cm³/mol. The molecule has 0 aromatic rings. The predicted octanol–water partition coefficient (Wildman–Crippen LogP) is 1.93. The fraction of sp³-hybridized carbons (Fsp3) is 1.00. The van der Waals surface area contributed by atoms with Crippen LogP contribution in [-0.4, -0.2) is 0 Å². The topological polar surface area (TPSA) is 0 Å². The van der Waals surface area contributed by atoms with Gasteiger partial charge in [-0.3, -0.25) is 0 Å². The van der Waals surface area contributed by atoms with Gasteiger partial charge in [-0.2, -0.15) is 0 Å². The van der Waals surface area contributed by atoms with Crippen LogP contribution in [-0.2, 0) is 11.7 Å². The van der Waals surface area contributed by atoms with Gasteiger partial charge in [-0.1, -0.05) is 7.43 Å². The van der Waals surface area contributed by atoms with E-state index in [1.165, 1.54) is 0 Å². The van der Waals surface area contributed by atoms with E-state index in [4.69, 9.17) is 0 Å². The molecule has 0 saturated heterocycles. The first kappa shape index (κ1) is 8.88. The van der Waals surface area contributed by atoms with E-state index in [0.29, 0.717) is 11.7 Å². The van der Waals surface area contributed by atoms with Crippen LogP contribution >= 0.6 is 21.1 Å². The van der Waals surface area contributed by atoms with Crippen molar-refractivity contribution in [2.24, 2.45) is 0 Å². The number of hydrogen-bond acceptors (Lipinski definition) is 2. The molecule has 4 heavy (non-hydrogen) atoms. The molecule has 0 saturated carbocycles. The van der Waals surface area contributed by atoms with Crippen LogP contribution in [0.25, 0.3) is 0 Å². The van der Waals surface area contributed by atoms with Gasteiger partial charge in [0.2, 0.25) is 0 Å². The van der Waals surface area contributed by atoms with Crippen LogP contribution in [0, 0.1) is 0 Å². The van der Waals surface area contributed by atoms with E-state index in [2.05, 4.69) is 21.1 Å². The molecule has 0 aromatic carbocycles. The van der Waals surface area contributed by atoms with Crippen LogP contribution in [0.4, 0.5) is 0 Å². The molecule has 0 nitrogen and oxygen atoms in total. The summed E-state index contributed by atoms with van der Waals surface area (Å²) in [6.45, 7) is 0. The molecule has 0 N–H and O–H groups in total. The summed E-state index contributed by atoms with van der Waals surface area (Å²) in [6.07, 6.45) is 0. The third-order valence-corrected chi connectivity index (χ3v) is 0. The standard InChI is InChI=1S/CH4.Fe.2S/h1H4;;;. The zero-order chi connectivity index (χ0) is 2.71. The molecule has 0 rings (SSSR count). The molecule has 0 aliphatic rings. The Bertz CT molecular complexity index is 27.0. The van der Waals surface area contributed by atoms with Gasteiger partial charge in [0.1, 0.15) is 0 Å². The summed E-state index contributed by atoms with van der Waals surface area (Å²) in [5.41, 5.74) is 0. The summed E-state index contributed by atoms with van der Waals surface area (Å²) in [5, 5.41) is 0. The van der Waals surface area contributed by atoms with Crippen molar-refractivity contribution in [2.45, 2.75) is 7.43 Å². The van der Waals surface area contributed by atoms with E-state index in [9.17, 15) is 0 Å². The Labute approximate surface area is 40.5 Å². The minimum absolute atomic E-state index is 0. The number of hydrogen-bond donors (Lipinski definition) is 0. The summed E-state index contributed by atoms with van der Waals surface area (Å²) in [6, 6.07) is 0. The Morgan fingerprint density at radius 2 is 1.25 bits per heavy atom. The van der Waals surface area contributed by atoms with Gasteiger partial charge in [0, 0.05) is 0 Å². The average Bonchev–Trinajstić information content (AvgIpc) is 0.918. The molecule has 0 radical (unpaired) electrons. The molecule has 0 atom stereocenters. The van der Waals surface area contributed by atoms with Crippen LogP contribution in [0.3, 0.4) is 0 Å². The van der Waals surface area contributed by atoms with Crippen LogP contribution < -0.4 is 0 Å². The summed E-state index contributed by atoms with van der Waals surface area (Å²) in [5.74, 6) is 0. The van der Waals surface area contributed by atoms with E-state index < -0.39 is 0 Å². The fourth-order valence-corrected chi connectivity index (χ4v) is 0. The van der Waals surface area contributed by atoms with E-state index in [0.717, 1.165) is 0 Å². The first-order valence-electron chi connectivity index (χ1n) is 0.289. The van der Waals surface area contributed by atoms with Gasteiger partial charge < -0.3 is 0 Å². The quantitative estimate of drug-likeness (QED) is 0.466. The summed E-state index contributed by atoms with van der Waals surface area (Å²) in [7, 11) is 8.42. The third-order valence-electron chi connectivity index (χ3n) is 0. The van der Waals surface area contributed by atoms with Crippen LogP contribution in [0.1, 0.15) is 7.43 Å². The normalized spacial score (nSPS) is 4.00. The molecule has 0 aliphatic carbocycles. The monoisotopic (exact) mass is 136 g/mol. The van der Waals surface area contributed by atoms with Crippen molar-refractivity contribution in [3.63, 3.8) is 0 Å². The molecule has 0 unspecified atom stereocenters.